The third-order valence-electron chi connectivity index (χ3n) is 1.85. The highest BCUT2D eigenvalue weighted by atomic mass is 32.2. The van der Waals surface area contributed by atoms with E-state index in [1.165, 1.54) is 11.8 Å². The molecule has 15 heavy (non-hydrogen) atoms. The Hall–Kier alpha value is -1.34. The summed E-state index contributed by atoms with van der Waals surface area (Å²) in [6, 6.07) is 2.09. The predicted molar refractivity (Wildman–Crippen MR) is 62.6 cm³/mol. The monoisotopic (exact) mass is 220 g/mol. The Morgan fingerprint density at radius 2 is 2.40 bits per heavy atom. The molecule has 0 atom stereocenters. The SMILES string of the molecule is C=C(C)CSC1=NC(=O)CC(C)=C1C#N. The molecule has 78 valence electrons. The van der Waals surface area contributed by atoms with E-state index in [1.807, 2.05) is 6.92 Å². The summed E-state index contributed by atoms with van der Waals surface area (Å²) in [6.45, 7) is 7.47. The molecule has 1 heterocycles. The summed E-state index contributed by atoms with van der Waals surface area (Å²) in [7, 11) is 0. The Morgan fingerprint density at radius 3 is 2.93 bits per heavy atom. The molecule has 0 saturated carbocycles. The molecule has 1 amide bonds. The lowest BCUT2D eigenvalue weighted by atomic mass is 10.1. The number of carbonyl (C=O) groups is 1. The summed E-state index contributed by atoms with van der Waals surface area (Å²) in [5.74, 6) is 0.514. The normalized spacial score (nSPS) is 16.1. The van der Waals surface area contributed by atoms with Crippen LogP contribution in [0.15, 0.2) is 28.3 Å². The van der Waals surface area contributed by atoms with Gasteiger partial charge in [0.1, 0.15) is 11.1 Å². The molecule has 0 aromatic heterocycles. The van der Waals surface area contributed by atoms with Crippen LogP contribution in [-0.2, 0) is 4.79 Å². The van der Waals surface area contributed by atoms with Crippen LogP contribution in [0.25, 0.3) is 0 Å². The number of aliphatic imine (C=N–C) groups is 1. The lowest BCUT2D eigenvalue weighted by Gasteiger charge is -2.12. The molecule has 0 aromatic rings. The zero-order chi connectivity index (χ0) is 11.4. The average molecular weight is 220 g/mol. The Morgan fingerprint density at radius 1 is 1.73 bits per heavy atom. The second-order valence-corrected chi connectivity index (χ2v) is 4.46. The quantitative estimate of drug-likeness (QED) is 0.672. The maximum atomic E-state index is 11.2. The largest absolute Gasteiger partial charge is 0.272 e. The fourth-order valence-corrected chi connectivity index (χ4v) is 2.06. The summed E-state index contributed by atoms with van der Waals surface area (Å²) >= 11 is 1.39. The van der Waals surface area contributed by atoms with Gasteiger partial charge in [-0.3, -0.25) is 4.79 Å². The van der Waals surface area contributed by atoms with E-state index < -0.39 is 0 Å². The van der Waals surface area contributed by atoms with Crippen molar-refractivity contribution in [2.75, 3.05) is 5.75 Å². The Kier molecular flexibility index (Phi) is 3.87. The summed E-state index contributed by atoms with van der Waals surface area (Å²) in [5, 5.41) is 9.48. The van der Waals surface area contributed by atoms with Gasteiger partial charge in [0.2, 0.25) is 0 Å². The van der Waals surface area contributed by atoms with Crippen LogP contribution in [0, 0.1) is 11.3 Å². The molecule has 0 spiro atoms. The van der Waals surface area contributed by atoms with Crippen LogP contribution in [0.4, 0.5) is 0 Å². The van der Waals surface area contributed by atoms with E-state index in [-0.39, 0.29) is 12.3 Å². The van der Waals surface area contributed by atoms with Crippen LogP contribution in [0.5, 0.6) is 0 Å². The standard InChI is InChI=1S/C11H12N2OS/c1-7(2)6-15-11-9(5-12)8(3)4-10(14)13-11/h1,4,6H2,2-3H3. The van der Waals surface area contributed by atoms with Gasteiger partial charge in [-0.1, -0.05) is 12.2 Å². The van der Waals surface area contributed by atoms with Gasteiger partial charge in [0, 0.05) is 5.75 Å². The van der Waals surface area contributed by atoms with Crippen molar-refractivity contribution in [3.05, 3.63) is 23.3 Å². The van der Waals surface area contributed by atoms with Gasteiger partial charge in [-0.25, -0.2) is 4.99 Å². The molecule has 0 aromatic carbocycles. The molecule has 0 saturated heterocycles. The van der Waals surface area contributed by atoms with Crippen LogP contribution in [0.3, 0.4) is 0 Å². The van der Waals surface area contributed by atoms with Crippen molar-refractivity contribution in [1.29, 1.82) is 5.26 Å². The van der Waals surface area contributed by atoms with E-state index in [0.29, 0.717) is 16.4 Å². The topological polar surface area (TPSA) is 53.2 Å². The minimum atomic E-state index is -0.171. The molecule has 1 rings (SSSR count). The molecule has 1 aliphatic rings. The van der Waals surface area contributed by atoms with Crippen LogP contribution < -0.4 is 0 Å². The highest BCUT2D eigenvalue weighted by Gasteiger charge is 2.19. The first-order chi connectivity index (χ1) is 7.04. The van der Waals surface area contributed by atoms with Crippen molar-refractivity contribution in [1.82, 2.24) is 0 Å². The summed E-state index contributed by atoms with van der Waals surface area (Å²) in [6.07, 6.45) is 0.264. The van der Waals surface area contributed by atoms with Crippen molar-refractivity contribution in [3.8, 4) is 6.07 Å². The number of carbonyl (C=O) groups excluding carboxylic acids is 1. The lowest BCUT2D eigenvalue weighted by molar-refractivity contribution is -0.117. The van der Waals surface area contributed by atoms with E-state index in [4.69, 9.17) is 5.26 Å². The van der Waals surface area contributed by atoms with Gasteiger partial charge in [0.05, 0.1) is 12.0 Å². The third kappa shape index (κ3) is 3.07. The molecule has 0 unspecified atom stereocenters. The maximum absolute atomic E-state index is 11.2. The number of amides is 1. The summed E-state index contributed by atoms with van der Waals surface area (Å²) < 4.78 is 0. The number of dihydropyridines is 1. The molecule has 4 heteroatoms. The van der Waals surface area contributed by atoms with Crippen LogP contribution in [-0.4, -0.2) is 16.7 Å². The number of nitriles is 1. The third-order valence-corrected chi connectivity index (χ3v) is 3.06. The minimum Gasteiger partial charge on any atom is -0.272 e. The number of hydrogen-bond acceptors (Lipinski definition) is 3. The van der Waals surface area contributed by atoms with Gasteiger partial charge >= 0.3 is 0 Å². The molecular formula is C11H12N2OS. The Labute approximate surface area is 93.6 Å². The molecular weight excluding hydrogens is 208 g/mol. The molecule has 0 N–H and O–H groups in total. The number of hydrogen-bond donors (Lipinski definition) is 0. The van der Waals surface area contributed by atoms with Crippen LogP contribution >= 0.6 is 11.8 Å². The predicted octanol–water partition coefficient (Wildman–Crippen LogP) is 2.46. The van der Waals surface area contributed by atoms with Crippen molar-refractivity contribution in [2.45, 2.75) is 20.3 Å². The van der Waals surface area contributed by atoms with Crippen molar-refractivity contribution in [2.24, 2.45) is 4.99 Å². The lowest BCUT2D eigenvalue weighted by Crippen LogP contribution is -2.12. The number of rotatable bonds is 2. The minimum absolute atomic E-state index is 0.171. The number of nitrogens with zero attached hydrogens (tertiary/aromatic N) is 2. The summed E-state index contributed by atoms with van der Waals surface area (Å²) in [4.78, 5) is 15.1. The smallest absolute Gasteiger partial charge is 0.250 e. The van der Waals surface area contributed by atoms with E-state index >= 15 is 0 Å². The van der Waals surface area contributed by atoms with E-state index in [1.54, 1.807) is 6.92 Å². The highest BCUT2D eigenvalue weighted by molar-refractivity contribution is 8.14. The number of thioether (sulfide) groups is 1. The molecule has 1 aliphatic heterocycles. The van der Waals surface area contributed by atoms with Gasteiger partial charge in [-0.2, -0.15) is 5.26 Å². The molecule has 0 aliphatic carbocycles. The van der Waals surface area contributed by atoms with E-state index in [9.17, 15) is 4.79 Å². The molecule has 0 radical (unpaired) electrons. The van der Waals surface area contributed by atoms with E-state index in [2.05, 4.69) is 17.6 Å². The van der Waals surface area contributed by atoms with Gasteiger partial charge in [-0.05, 0) is 19.4 Å². The maximum Gasteiger partial charge on any atom is 0.250 e. The Balaban J connectivity index is 2.89. The fourth-order valence-electron chi connectivity index (χ4n) is 1.15. The van der Waals surface area contributed by atoms with Crippen LogP contribution in [0.1, 0.15) is 20.3 Å². The molecule has 0 bridgehead atoms. The van der Waals surface area contributed by atoms with Gasteiger partial charge in [0.25, 0.3) is 5.91 Å². The summed E-state index contributed by atoms with van der Waals surface area (Å²) in [5.41, 5.74) is 2.35. The second kappa shape index (κ2) is 4.94. The Bertz CT molecular complexity index is 413. The first kappa shape index (κ1) is 11.7. The molecule has 0 fully saturated rings. The van der Waals surface area contributed by atoms with Crippen molar-refractivity contribution < 1.29 is 4.79 Å². The van der Waals surface area contributed by atoms with Crippen LogP contribution in [0.2, 0.25) is 0 Å². The first-order valence-electron chi connectivity index (χ1n) is 4.53. The zero-order valence-electron chi connectivity index (χ0n) is 8.83. The second-order valence-electron chi connectivity index (χ2n) is 3.50. The van der Waals surface area contributed by atoms with Crippen molar-refractivity contribution in [3.63, 3.8) is 0 Å². The van der Waals surface area contributed by atoms with Crippen molar-refractivity contribution >= 4 is 22.7 Å². The highest BCUT2D eigenvalue weighted by Crippen LogP contribution is 2.23. The van der Waals surface area contributed by atoms with Gasteiger partial charge in [-0.15, -0.1) is 11.8 Å². The van der Waals surface area contributed by atoms with Gasteiger partial charge in [0.15, 0.2) is 0 Å². The fraction of sp³-hybridized carbons (Fsp3) is 0.364. The van der Waals surface area contributed by atoms with Gasteiger partial charge < -0.3 is 0 Å². The van der Waals surface area contributed by atoms with E-state index in [0.717, 1.165) is 11.1 Å². The molecule has 3 nitrogen and oxygen atoms in total. The average Bonchev–Trinajstić information content (AvgIpc) is 2.13. The first-order valence-corrected chi connectivity index (χ1v) is 5.52. The zero-order valence-corrected chi connectivity index (χ0v) is 9.65.